The summed E-state index contributed by atoms with van der Waals surface area (Å²) in [7, 11) is 9.63. The van der Waals surface area contributed by atoms with Gasteiger partial charge in [-0.25, -0.2) is 4.79 Å². The van der Waals surface area contributed by atoms with Gasteiger partial charge in [-0.3, -0.25) is 24.5 Å². The van der Waals surface area contributed by atoms with Gasteiger partial charge in [-0.05, 0) is 94.8 Å². The Morgan fingerprint density at radius 3 is 2.29 bits per heavy atom. The van der Waals surface area contributed by atoms with Gasteiger partial charge in [0.1, 0.15) is 43.2 Å². The van der Waals surface area contributed by atoms with Gasteiger partial charge in [0.05, 0.1) is 109 Å². The van der Waals surface area contributed by atoms with Crippen LogP contribution in [0.25, 0.3) is 0 Å². The molecular formula is C66H93IN4O24S3. The summed E-state index contributed by atoms with van der Waals surface area (Å²) >= 11 is 2.81. The zero-order chi connectivity index (χ0) is 71.8. The Balaban J connectivity index is 1.11. The van der Waals surface area contributed by atoms with Crippen molar-refractivity contribution in [3.63, 3.8) is 0 Å². The summed E-state index contributed by atoms with van der Waals surface area (Å²) < 4.78 is 77.8. The molecule has 0 aromatic heterocycles. The van der Waals surface area contributed by atoms with Crippen molar-refractivity contribution >= 4 is 78.8 Å². The van der Waals surface area contributed by atoms with Crippen molar-refractivity contribution in [2.24, 2.45) is 0 Å². The molecule has 4 saturated heterocycles. The molecule has 4 heterocycles. The average molecular weight is 1550 g/mol. The number of aliphatic hydroxyl groups is 6. The van der Waals surface area contributed by atoms with E-state index >= 15 is 0 Å². The molecule has 6 aliphatic rings. The Hall–Kier alpha value is -4.32. The van der Waals surface area contributed by atoms with Gasteiger partial charge in [-0.15, -0.1) is 0 Å². The zero-order valence-corrected chi connectivity index (χ0v) is 61.6. The van der Waals surface area contributed by atoms with Crippen LogP contribution >= 0.6 is 55.9 Å². The van der Waals surface area contributed by atoms with E-state index in [1.807, 2.05) is 43.4 Å². The summed E-state index contributed by atoms with van der Waals surface area (Å²) in [6.07, 6.45) is -13.5. The van der Waals surface area contributed by atoms with Gasteiger partial charge in [-0.2, -0.15) is 5.48 Å². The van der Waals surface area contributed by atoms with Crippen LogP contribution in [0.5, 0.6) is 17.2 Å². The monoisotopic (exact) mass is 1550 g/mol. The molecule has 98 heavy (non-hydrogen) atoms. The van der Waals surface area contributed by atoms with Crippen molar-refractivity contribution in [1.82, 2.24) is 21.4 Å². The molecule has 32 heteroatoms. The average Bonchev–Trinajstić information content (AvgIpc) is 0.758. The Morgan fingerprint density at radius 2 is 1.61 bits per heavy atom. The lowest BCUT2D eigenvalue weighted by atomic mass is 9.75. The molecule has 0 saturated carbocycles. The van der Waals surface area contributed by atoms with Crippen LogP contribution in [0.1, 0.15) is 96.0 Å². The number of benzene rings is 1. The molecule has 28 nitrogen and oxygen atoms in total. The molecule has 7 rings (SSSR count). The number of hydroxylamine groups is 1. The molecule has 1 aromatic rings. The summed E-state index contributed by atoms with van der Waals surface area (Å²) in [5.41, 5.74) is 0.972. The second-order valence-corrected chi connectivity index (χ2v) is 29.7. The number of halogens is 1. The second-order valence-electron chi connectivity index (χ2n) is 24.4. The first-order valence-electron chi connectivity index (χ1n) is 32.0. The molecule has 1 aromatic carbocycles. The SMILES string of the molecule is C=C(CCNC(=O)CCC(C)(C)SSC/C=C1\C2=C(NC(=O)OC)C(=O)C[C@]1(O)C#C/C=C\C#C[C@@H]2O[C@@H]1OC(C)[C@@H](NO[C@H]2C[C@@H](O)[C@H](SC(=O)c3c(C)c(I)c(O[C@@H]4OC(C)[C@H](O)C(OC)[C@@H]4O)c(OC)c3OC)C(C)O2)C(O)C1O[C@H]1CC(OC)[C@@H](NCC)CO1)OCCO. The maximum Gasteiger partial charge on any atom is 0.411 e. The summed E-state index contributed by atoms with van der Waals surface area (Å²) in [4.78, 5) is 61.1. The number of thioether (sulfide) groups is 1. The fourth-order valence-electron chi connectivity index (χ4n) is 11.8. The largest absolute Gasteiger partial charge is 0.496 e. The normalized spacial score (nSPS) is 32.5. The van der Waals surface area contributed by atoms with Gasteiger partial charge >= 0.3 is 6.09 Å². The Kier molecular flexibility index (Phi) is 31.2. The van der Waals surface area contributed by atoms with E-state index in [1.165, 1.54) is 55.1 Å². The predicted molar refractivity (Wildman–Crippen MR) is 369 cm³/mol. The number of methoxy groups -OCH3 is 5. The van der Waals surface area contributed by atoms with Crippen molar-refractivity contribution in [3.05, 3.63) is 62.1 Å². The molecule has 10 N–H and O–H groups in total. The summed E-state index contributed by atoms with van der Waals surface area (Å²) in [6.45, 7) is 17.4. The maximum absolute atomic E-state index is 14.5. The highest BCUT2D eigenvalue weighted by Crippen LogP contribution is 2.49. The number of carbonyl (C=O) groups is 4. The van der Waals surface area contributed by atoms with Crippen molar-refractivity contribution in [1.29, 1.82) is 0 Å². The smallest absolute Gasteiger partial charge is 0.411 e. The number of likely N-dealkylation sites (N-methyl/N-ethyl adjacent to an activating group) is 1. The van der Waals surface area contributed by atoms with Gasteiger partial charge < -0.3 is 103 Å². The lowest BCUT2D eigenvalue weighted by Gasteiger charge is -2.46. The van der Waals surface area contributed by atoms with Crippen molar-refractivity contribution in [2.45, 2.75) is 207 Å². The van der Waals surface area contributed by atoms with Gasteiger partial charge in [-0.1, -0.05) is 76.6 Å². The highest BCUT2D eigenvalue weighted by molar-refractivity contribution is 14.1. The molecule has 4 aliphatic heterocycles. The summed E-state index contributed by atoms with van der Waals surface area (Å²) in [5.74, 6) is 11.4. The molecule has 4 fully saturated rings. The van der Waals surface area contributed by atoms with E-state index in [1.54, 1.807) is 40.9 Å². The van der Waals surface area contributed by atoms with E-state index in [4.69, 9.17) is 71.5 Å². The summed E-state index contributed by atoms with van der Waals surface area (Å²) in [6, 6.07) is -1.35. The third kappa shape index (κ3) is 20.5. The number of ether oxygens (including phenoxy) is 13. The van der Waals surface area contributed by atoms with Crippen LogP contribution in [0.15, 0.2) is 47.4 Å². The first-order chi connectivity index (χ1) is 46.7. The topological polar surface area (TPSA) is 367 Å². The number of hydrogen-bond donors (Lipinski definition) is 10. The number of amides is 2. The molecule has 546 valence electrons. The van der Waals surface area contributed by atoms with Crippen LogP contribution in [-0.4, -0.2) is 248 Å². The van der Waals surface area contributed by atoms with Crippen LogP contribution in [-0.2, 0) is 61.8 Å². The minimum atomic E-state index is -2.16. The molecule has 2 amide bonds. The fourth-order valence-corrected chi connectivity index (χ4v) is 16.0. The van der Waals surface area contributed by atoms with Crippen LogP contribution in [0.2, 0.25) is 0 Å². The number of Topliss-reactive ketones (excluding diaryl/α,β-unsaturated/α-hetero) is 1. The van der Waals surface area contributed by atoms with Crippen molar-refractivity contribution in [3.8, 4) is 40.9 Å². The van der Waals surface area contributed by atoms with Crippen LogP contribution in [0.4, 0.5) is 4.79 Å². The van der Waals surface area contributed by atoms with E-state index in [2.05, 4.69) is 51.7 Å². The maximum atomic E-state index is 14.5. The molecular weight excluding hydrogens is 1460 g/mol. The lowest BCUT2D eigenvalue weighted by Crippen LogP contribution is -2.65. The van der Waals surface area contributed by atoms with Crippen molar-refractivity contribution in [2.75, 3.05) is 74.2 Å². The molecule has 0 radical (unpaired) electrons. The third-order valence-corrected chi connectivity index (χ3v) is 22.9. The molecule has 2 bridgehead atoms. The minimum Gasteiger partial charge on any atom is -0.496 e. The van der Waals surface area contributed by atoms with Crippen molar-refractivity contribution < 1.29 is 116 Å². The molecule has 0 spiro atoms. The predicted octanol–water partition coefficient (Wildman–Crippen LogP) is 3.51. The Bertz CT molecular complexity index is 3160. The van der Waals surface area contributed by atoms with Gasteiger partial charge in [0.25, 0.3) is 0 Å². The van der Waals surface area contributed by atoms with Gasteiger partial charge in [0.2, 0.25) is 23.1 Å². The summed E-state index contributed by atoms with van der Waals surface area (Å²) in [5, 5.41) is 75.2. The number of fused-ring (bicyclic) bond motifs is 2. The number of ketones is 1. The van der Waals surface area contributed by atoms with Crippen LogP contribution in [0.3, 0.4) is 0 Å². The number of rotatable bonds is 31. The number of carbonyl (C=O) groups excluding carboxylic acids is 4. The lowest BCUT2D eigenvalue weighted by molar-refractivity contribution is -0.336. The van der Waals surface area contributed by atoms with E-state index < -0.39 is 137 Å². The number of hydrogen-bond acceptors (Lipinski definition) is 29. The number of aliphatic hydroxyl groups excluding tert-OH is 5. The highest BCUT2D eigenvalue weighted by Gasteiger charge is 2.52. The molecule has 7 unspecified atom stereocenters. The van der Waals surface area contributed by atoms with E-state index in [0.717, 1.165) is 18.9 Å². The van der Waals surface area contributed by atoms with E-state index in [0.29, 0.717) is 40.8 Å². The van der Waals surface area contributed by atoms with Gasteiger partial charge in [0, 0.05) is 68.1 Å². The quantitative estimate of drug-likeness (QED) is 0.0127. The highest BCUT2D eigenvalue weighted by atomic mass is 127. The van der Waals surface area contributed by atoms with Gasteiger partial charge in [0.15, 0.2) is 41.8 Å². The minimum absolute atomic E-state index is 0.0129. The Labute approximate surface area is 597 Å². The number of allylic oxidation sites excluding steroid dienone is 3. The van der Waals surface area contributed by atoms with Crippen LogP contribution in [0, 0.1) is 34.2 Å². The van der Waals surface area contributed by atoms with E-state index in [9.17, 15) is 44.7 Å². The Morgan fingerprint density at radius 1 is 0.888 bits per heavy atom. The third-order valence-electron chi connectivity index (χ3n) is 17.0. The zero-order valence-electron chi connectivity index (χ0n) is 57.0. The fraction of sp³-hybridized carbons (Fsp3) is 0.667. The van der Waals surface area contributed by atoms with Crippen LogP contribution < -0.4 is 35.6 Å². The first-order valence-corrected chi connectivity index (χ1v) is 36.3. The number of nitrogens with one attached hydrogen (secondary N) is 4. The standard InChI is InChI=1S/C66H93IN4O24S3/c1-14-68-39-32-88-45(30-43(39)82-9)93-58-53(77)50(71-95-46-29-40(73)60(37(6)89-46)97-61(79)47-34(3)49(67)56(59(85-12)55(47)83-10)94-62-54(78)57(84-11)52(76)36(5)91-62)35(4)90-63(58)92-42-19-17-15-16-18-23-66(81)31-41(74)51(70-64(80)86-13)48(42)38(66)22-28-96-98-65(7,8)24-20-44(75)69-25-21-33(2)87-27-26-72/h15-16,22,35-37,39-40,42-43,45-46,50,52-54,57-58,60,62-63,68,71-73,76-78,81H,2,14,20-21,24-32H2,1,3-13H3,(H,69,75)(H,70,80)/b16-15-,38-22+/t35?,36?,37?,39-,40+,42-,43?,45-,46-,50+,52-,53?,54-,57?,58?,60+,62-,63-,66+/m0/s1. The first kappa shape index (κ1) is 81.0. The second kappa shape index (κ2) is 37.7. The number of alkyl carbamates (subject to hydrolysis) is 1. The molecule has 19 atom stereocenters. The molecule has 2 aliphatic carbocycles. The van der Waals surface area contributed by atoms with E-state index in [-0.39, 0.29) is 96.4 Å².